The third-order valence-electron chi connectivity index (χ3n) is 3.83. The molecule has 0 amide bonds. The van der Waals surface area contributed by atoms with Crippen LogP contribution in [0, 0.1) is 0 Å². The Labute approximate surface area is 98.7 Å². The summed E-state index contributed by atoms with van der Waals surface area (Å²) in [6.45, 7) is 0. The third-order valence-corrected chi connectivity index (χ3v) is 3.83. The fraction of sp³-hybridized carbons (Fsp3) is 0.385. The molecule has 0 bridgehead atoms. The van der Waals surface area contributed by atoms with Crippen molar-refractivity contribution in [1.29, 1.82) is 0 Å². The predicted octanol–water partition coefficient (Wildman–Crippen LogP) is 2.46. The summed E-state index contributed by atoms with van der Waals surface area (Å²) in [7, 11) is 0. The average molecular weight is 230 g/mol. The van der Waals surface area contributed by atoms with Crippen molar-refractivity contribution in [2.45, 2.75) is 31.1 Å². The molecule has 1 saturated carbocycles. The molecule has 17 heavy (non-hydrogen) atoms. The third kappa shape index (κ3) is 1.37. The van der Waals surface area contributed by atoms with Crippen LogP contribution < -0.4 is 0 Å². The number of fused-ring (bicyclic) bond motifs is 1. The number of H-pyrrole nitrogens is 1. The largest absolute Gasteiger partial charge is 0.481 e. The zero-order valence-electron chi connectivity index (χ0n) is 9.44. The normalized spacial score (nSPS) is 18.6. The number of pyridine rings is 1. The van der Waals surface area contributed by atoms with E-state index in [1.165, 1.54) is 0 Å². The van der Waals surface area contributed by atoms with Crippen LogP contribution in [-0.4, -0.2) is 21.0 Å². The summed E-state index contributed by atoms with van der Waals surface area (Å²) in [4.78, 5) is 18.9. The standard InChI is InChI=1S/C13H14N2O2/c16-12(17)13(5-1-2-6-13)10-8-15-11-9(10)4-3-7-14-11/h3-4,7-8H,1-2,5-6H2,(H,14,15)(H,16,17). The van der Waals surface area contributed by atoms with E-state index in [4.69, 9.17) is 0 Å². The highest BCUT2D eigenvalue weighted by molar-refractivity contribution is 5.90. The van der Waals surface area contributed by atoms with Crippen molar-refractivity contribution < 1.29 is 9.90 Å². The Balaban J connectivity index is 2.22. The van der Waals surface area contributed by atoms with Crippen molar-refractivity contribution in [1.82, 2.24) is 9.97 Å². The molecule has 0 saturated heterocycles. The lowest BCUT2D eigenvalue weighted by Gasteiger charge is -2.23. The van der Waals surface area contributed by atoms with Gasteiger partial charge in [0, 0.05) is 17.8 Å². The van der Waals surface area contributed by atoms with Crippen LogP contribution in [0.5, 0.6) is 0 Å². The molecule has 0 unspecified atom stereocenters. The Bertz CT molecular complexity index is 568. The van der Waals surface area contributed by atoms with Crippen LogP contribution in [0.3, 0.4) is 0 Å². The average Bonchev–Trinajstić information content (AvgIpc) is 2.95. The van der Waals surface area contributed by atoms with Gasteiger partial charge in [-0.3, -0.25) is 4.79 Å². The molecule has 2 N–H and O–H groups in total. The lowest BCUT2D eigenvalue weighted by Crippen LogP contribution is -2.32. The van der Waals surface area contributed by atoms with Gasteiger partial charge in [0.25, 0.3) is 0 Å². The summed E-state index contributed by atoms with van der Waals surface area (Å²) >= 11 is 0. The molecule has 2 heterocycles. The van der Waals surface area contributed by atoms with Crippen LogP contribution in [0.25, 0.3) is 11.0 Å². The van der Waals surface area contributed by atoms with E-state index < -0.39 is 11.4 Å². The summed E-state index contributed by atoms with van der Waals surface area (Å²) in [5.74, 6) is -0.709. The molecule has 0 radical (unpaired) electrons. The summed E-state index contributed by atoms with van der Waals surface area (Å²) in [5, 5.41) is 10.5. The molecule has 4 heteroatoms. The van der Waals surface area contributed by atoms with Crippen LogP contribution in [0.2, 0.25) is 0 Å². The van der Waals surface area contributed by atoms with Gasteiger partial charge in [-0.1, -0.05) is 12.8 Å². The maximum absolute atomic E-state index is 11.6. The van der Waals surface area contributed by atoms with Gasteiger partial charge in [-0.15, -0.1) is 0 Å². The first-order valence-electron chi connectivity index (χ1n) is 5.90. The monoisotopic (exact) mass is 230 g/mol. The number of aromatic nitrogens is 2. The second kappa shape index (κ2) is 3.58. The lowest BCUT2D eigenvalue weighted by molar-refractivity contribution is -0.143. The van der Waals surface area contributed by atoms with E-state index in [1.807, 2.05) is 18.3 Å². The van der Waals surface area contributed by atoms with Gasteiger partial charge < -0.3 is 10.1 Å². The second-order valence-electron chi connectivity index (χ2n) is 4.70. The van der Waals surface area contributed by atoms with E-state index in [0.29, 0.717) is 0 Å². The minimum atomic E-state index is -0.709. The van der Waals surface area contributed by atoms with Crippen LogP contribution in [0.4, 0.5) is 0 Å². The number of hydrogen-bond acceptors (Lipinski definition) is 2. The number of hydrogen-bond donors (Lipinski definition) is 2. The number of rotatable bonds is 2. The van der Waals surface area contributed by atoms with E-state index >= 15 is 0 Å². The first-order valence-corrected chi connectivity index (χ1v) is 5.90. The van der Waals surface area contributed by atoms with Gasteiger partial charge in [-0.05, 0) is 30.5 Å². The van der Waals surface area contributed by atoms with Crippen LogP contribution in [0.15, 0.2) is 24.5 Å². The highest BCUT2D eigenvalue weighted by Crippen LogP contribution is 2.43. The summed E-state index contributed by atoms with van der Waals surface area (Å²) in [6.07, 6.45) is 6.95. The fourth-order valence-electron chi connectivity index (χ4n) is 2.93. The Morgan fingerprint density at radius 3 is 2.88 bits per heavy atom. The van der Waals surface area contributed by atoms with Crippen LogP contribution >= 0.6 is 0 Å². The van der Waals surface area contributed by atoms with Gasteiger partial charge in [0.2, 0.25) is 0 Å². The van der Waals surface area contributed by atoms with Crippen molar-refractivity contribution in [3.05, 3.63) is 30.1 Å². The minimum Gasteiger partial charge on any atom is -0.481 e. The van der Waals surface area contributed by atoms with Crippen LogP contribution in [0.1, 0.15) is 31.2 Å². The van der Waals surface area contributed by atoms with Gasteiger partial charge in [0.1, 0.15) is 5.65 Å². The number of aliphatic carboxylic acids is 1. The molecule has 0 spiro atoms. The van der Waals surface area contributed by atoms with Crippen molar-refractivity contribution in [2.24, 2.45) is 0 Å². The smallest absolute Gasteiger partial charge is 0.314 e. The first kappa shape index (κ1) is 10.3. The Morgan fingerprint density at radius 2 is 2.18 bits per heavy atom. The Hall–Kier alpha value is -1.84. The molecule has 0 aromatic carbocycles. The quantitative estimate of drug-likeness (QED) is 0.832. The van der Waals surface area contributed by atoms with Crippen molar-refractivity contribution in [3.63, 3.8) is 0 Å². The summed E-state index contributed by atoms with van der Waals surface area (Å²) in [5.41, 5.74) is 0.960. The Kier molecular flexibility index (Phi) is 2.18. The molecule has 1 aliphatic rings. The van der Waals surface area contributed by atoms with Crippen LogP contribution in [-0.2, 0) is 10.2 Å². The molecule has 1 fully saturated rings. The maximum atomic E-state index is 11.6. The molecular formula is C13H14N2O2. The van der Waals surface area contributed by atoms with Gasteiger partial charge >= 0.3 is 5.97 Å². The van der Waals surface area contributed by atoms with Crippen molar-refractivity contribution >= 4 is 17.0 Å². The van der Waals surface area contributed by atoms with Gasteiger partial charge in [-0.2, -0.15) is 0 Å². The SMILES string of the molecule is O=C(O)C1(c2c[nH]c3ncccc23)CCCC1. The predicted molar refractivity (Wildman–Crippen MR) is 63.9 cm³/mol. The molecular weight excluding hydrogens is 216 g/mol. The number of nitrogens with zero attached hydrogens (tertiary/aromatic N) is 1. The highest BCUT2D eigenvalue weighted by atomic mass is 16.4. The van der Waals surface area contributed by atoms with Crippen molar-refractivity contribution in [3.8, 4) is 0 Å². The topological polar surface area (TPSA) is 66.0 Å². The van der Waals surface area contributed by atoms with Gasteiger partial charge in [0.15, 0.2) is 0 Å². The molecule has 2 aromatic rings. The van der Waals surface area contributed by atoms with E-state index in [1.54, 1.807) is 6.20 Å². The van der Waals surface area contributed by atoms with Crippen molar-refractivity contribution in [2.75, 3.05) is 0 Å². The molecule has 0 aliphatic heterocycles. The molecule has 88 valence electrons. The summed E-state index contributed by atoms with van der Waals surface area (Å²) in [6, 6.07) is 3.79. The zero-order valence-corrected chi connectivity index (χ0v) is 9.44. The fourth-order valence-corrected chi connectivity index (χ4v) is 2.93. The zero-order chi connectivity index (χ0) is 11.9. The first-order chi connectivity index (χ1) is 8.24. The van der Waals surface area contributed by atoms with Gasteiger partial charge in [0.05, 0.1) is 5.41 Å². The van der Waals surface area contributed by atoms with E-state index in [2.05, 4.69) is 9.97 Å². The second-order valence-corrected chi connectivity index (χ2v) is 4.70. The lowest BCUT2D eigenvalue weighted by atomic mass is 9.79. The number of aromatic amines is 1. The highest BCUT2D eigenvalue weighted by Gasteiger charge is 2.44. The maximum Gasteiger partial charge on any atom is 0.314 e. The van der Waals surface area contributed by atoms with E-state index in [9.17, 15) is 9.90 Å². The molecule has 2 aromatic heterocycles. The molecule has 1 aliphatic carbocycles. The summed E-state index contributed by atoms with van der Waals surface area (Å²) < 4.78 is 0. The molecule has 0 atom stereocenters. The molecule has 4 nitrogen and oxygen atoms in total. The Morgan fingerprint density at radius 1 is 1.41 bits per heavy atom. The van der Waals surface area contributed by atoms with E-state index in [0.717, 1.165) is 42.3 Å². The number of carbonyl (C=O) groups is 1. The minimum absolute atomic E-state index is 0.707. The van der Waals surface area contributed by atoms with E-state index in [-0.39, 0.29) is 0 Å². The number of carboxylic acid groups (broad SMARTS) is 1. The molecule has 3 rings (SSSR count). The number of nitrogens with one attached hydrogen (secondary N) is 1. The van der Waals surface area contributed by atoms with Gasteiger partial charge in [-0.25, -0.2) is 4.98 Å². The number of carboxylic acids is 1.